The molecule has 5 rings (SSSR count). The van der Waals surface area contributed by atoms with Gasteiger partial charge in [-0.05, 0) is 63.9 Å². The van der Waals surface area contributed by atoms with Crippen molar-refractivity contribution in [2.75, 3.05) is 13.2 Å². The smallest absolute Gasteiger partial charge is 0.0724 e. The zero-order valence-electron chi connectivity index (χ0n) is 14.9. The molecule has 0 amide bonds. The molecule has 0 bridgehead atoms. The molecule has 1 heteroatoms. The number of benzene rings is 2. The third kappa shape index (κ3) is 2.69. The summed E-state index contributed by atoms with van der Waals surface area (Å²) >= 11 is 0. The lowest BCUT2D eigenvalue weighted by molar-refractivity contribution is 0.182. The normalized spacial score (nSPS) is 22.2. The van der Waals surface area contributed by atoms with Gasteiger partial charge in [0.1, 0.15) is 0 Å². The molecule has 0 spiro atoms. The zero-order chi connectivity index (χ0) is 17.3. The largest absolute Gasteiger partial charge is 0.373 e. The minimum atomic E-state index is 0.724. The highest BCUT2D eigenvalue weighted by Gasteiger charge is 2.27. The van der Waals surface area contributed by atoms with Gasteiger partial charge >= 0.3 is 0 Å². The van der Waals surface area contributed by atoms with Crippen LogP contribution in [0.5, 0.6) is 0 Å². The third-order valence-corrected chi connectivity index (χ3v) is 5.55. The Bertz CT molecular complexity index is 1010. The summed E-state index contributed by atoms with van der Waals surface area (Å²) < 4.78 is 5.74. The number of hydrogen-bond donors (Lipinski definition) is 0. The minimum absolute atomic E-state index is 0.724. The van der Waals surface area contributed by atoms with Crippen LogP contribution >= 0.6 is 0 Å². The topological polar surface area (TPSA) is 9.23 Å². The van der Waals surface area contributed by atoms with Crippen molar-refractivity contribution in [2.24, 2.45) is 0 Å². The first-order valence-electron chi connectivity index (χ1n) is 9.42. The van der Waals surface area contributed by atoms with Crippen molar-refractivity contribution in [1.82, 2.24) is 0 Å². The Morgan fingerprint density at radius 2 is 1.62 bits per heavy atom. The molecule has 2 aromatic rings. The van der Waals surface area contributed by atoms with E-state index in [4.69, 9.17) is 4.74 Å². The first-order valence-corrected chi connectivity index (χ1v) is 9.42. The predicted molar refractivity (Wildman–Crippen MR) is 109 cm³/mol. The summed E-state index contributed by atoms with van der Waals surface area (Å²) in [5, 5.41) is 2.66. The highest BCUT2D eigenvalue weighted by molar-refractivity contribution is 5.96. The van der Waals surface area contributed by atoms with Gasteiger partial charge in [0, 0.05) is 0 Å². The van der Waals surface area contributed by atoms with E-state index in [0.717, 1.165) is 32.5 Å². The maximum absolute atomic E-state index is 5.74. The number of fused-ring (bicyclic) bond motifs is 2. The molecule has 0 saturated carbocycles. The van der Waals surface area contributed by atoms with Crippen molar-refractivity contribution < 1.29 is 4.74 Å². The van der Waals surface area contributed by atoms with Crippen LogP contribution < -0.4 is 0 Å². The molecular formula is C25H22O. The quantitative estimate of drug-likeness (QED) is 0.578. The second-order valence-electron chi connectivity index (χ2n) is 7.20. The van der Waals surface area contributed by atoms with Crippen LogP contribution in [0.2, 0.25) is 0 Å². The van der Waals surface area contributed by atoms with E-state index in [2.05, 4.69) is 72.9 Å². The van der Waals surface area contributed by atoms with Gasteiger partial charge in [0.15, 0.2) is 0 Å². The van der Waals surface area contributed by atoms with Crippen LogP contribution in [0, 0.1) is 0 Å². The predicted octanol–water partition coefficient (Wildman–Crippen LogP) is 5.94. The zero-order valence-corrected chi connectivity index (χ0v) is 14.9. The van der Waals surface area contributed by atoms with Crippen LogP contribution in [0.1, 0.15) is 24.0 Å². The lowest BCUT2D eigenvalue weighted by atomic mass is 9.91. The maximum Gasteiger partial charge on any atom is 0.0724 e. The Hall–Kier alpha value is -2.64. The number of allylic oxidation sites excluding steroid dienone is 7. The Morgan fingerprint density at radius 3 is 2.35 bits per heavy atom. The number of hydrogen-bond acceptors (Lipinski definition) is 1. The van der Waals surface area contributed by atoms with E-state index in [1.54, 1.807) is 0 Å². The minimum Gasteiger partial charge on any atom is -0.373 e. The summed E-state index contributed by atoms with van der Waals surface area (Å²) in [4.78, 5) is 0. The number of ether oxygens (including phenoxy) is 1. The Labute approximate surface area is 154 Å². The molecule has 0 unspecified atom stereocenters. The summed E-state index contributed by atoms with van der Waals surface area (Å²) in [6, 6.07) is 13.5. The van der Waals surface area contributed by atoms with E-state index in [1.807, 2.05) is 0 Å². The van der Waals surface area contributed by atoms with Crippen LogP contribution in [0.15, 0.2) is 89.6 Å². The van der Waals surface area contributed by atoms with Gasteiger partial charge in [0.05, 0.1) is 13.2 Å². The van der Waals surface area contributed by atoms with Gasteiger partial charge in [-0.3, -0.25) is 0 Å². The Kier molecular flexibility index (Phi) is 3.95. The lowest BCUT2D eigenvalue weighted by Gasteiger charge is -2.16. The number of rotatable bonds is 0. The monoisotopic (exact) mass is 338 g/mol. The van der Waals surface area contributed by atoms with Crippen molar-refractivity contribution in [1.29, 1.82) is 0 Å². The molecule has 2 aliphatic carbocycles. The molecule has 0 saturated heterocycles. The van der Waals surface area contributed by atoms with E-state index < -0.39 is 0 Å². The van der Waals surface area contributed by atoms with Gasteiger partial charge in [-0.2, -0.15) is 0 Å². The maximum atomic E-state index is 5.74. The van der Waals surface area contributed by atoms with Crippen molar-refractivity contribution in [3.05, 3.63) is 101 Å². The van der Waals surface area contributed by atoms with Crippen molar-refractivity contribution >= 4 is 16.3 Å². The van der Waals surface area contributed by atoms with Crippen LogP contribution in [0.25, 0.3) is 16.3 Å². The SMILES string of the molecule is C1=CCC(=C2/C(=C3/C=CCOC3)Cc3cc4ccccc4cc32)CC=C1. The summed E-state index contributed by atoms with van der Waals surface area (Å²) in [5.41, 5.74) is 8.66. The second kappa shape index (κ2) is 6.59. The fourth-order valence-electron chi connectivity index (χ4n) is 4.31. The van der Waals surface area contributed by atoms with Crippen LogP contribution in [0.3, 0.4) is 0 Å². The average molecular weight is 338 g/mol. The van der Waals surface area contributed by atoms with Gasteiger partial charge in [-0.15, -0.1) is 0 Å². The lowest BCUT2D eigenvalue weighted by Crippen LogP contribution is -2.06. The Balaban J connectivity index is 1.77. The van der Waals surface area contributed by atoms with E-state index >= 15 is 0 Å². The fraction of sp³-hybridized carbons (Fsp3) is 0.200. The molecule has 0 fully saturated rings. The third-order valence-electron chi connectivity index (χ3n) is 5.55. The van der Waals surface area contributed by atoms with E-state index in [1.165, 1.54) is 44.2 Å². The summed E-state index contributed by atoms with van der Waals surface area (Å²) in [6.45, 7) is 1.45. The molecule has 0 radical (unpaired) electrons. The first-order chi connectivity index (χ1) is 12.9. The van der Waals surface area contributed by atoms with E-state index in [-0.39, 0.29) is 0 Å². The second-order valence-corrected chi connectivity index (χ2v) is 7.20. The van der Waals surface area contributed by atoms with Crippen molar-refractivity contribution in [3.63, 3.8) is 0 Å². The van der Waals surface area contributed by atoms with Crippen molar-refractivity contribution in [2.45, 2.75) is 19.3 Å². The molecule has 128 valence electrons. The molecule has 0 aromatic heterocycles. The highest BCUT2D eigenvalue weighted by Crippen LogP contribution is 2.44. The fourth-order valence-corrected chi connectivity index (χ4v) is 4.31. The molecule has 0 atom stereocenters. The summed E-state index contributed by atoms with van der Waals surface area (Å²) in [6.07, 6.45) is 16.4. The van der Waals surface area contributed by atoms with Crippen molar-refractivity contribution in [3.8, 4) is 0 Å². The summed E-state index contributed by atoms with van der Waals surface area (Å²) in [7, 11) is 0. The molecular weight excluding hydrogens is 316 g/mol. The molecule has 1 heterocycles. The van der Waals surface area contributed by atoms with Crippen LogP contribution in [-0.4, -0.2) is 13.2 Å². The molecule has 26 heavy (non-hydrogen) atoms. The standard InChI is InChI=1S/C25H22O/c1-2-4-9-18(8-3-1)25-23(21-12-7-13-26-17-21)16-22-14-19-10-5-6-11-20(19)15-24(22)25/h1-7,10-12,14-15H,8-9,13,16-17H2/b23-21-. The van der Waals surface area contributed by atoms with Gasteiger partial charge < -0.3 is 4.74 Å². The van der Waals surface area contributed by atoms with Crippen LogP contribution in [0.4, 0.5) is 0 Å². The molecule has 2 aromatic carbocycles. The average Bonchev–Trinajstić information content (AvgIpc) is 2.86. The molecule has 0 N–H and O–H groups in total. The molecule has 1 aliphatic heterocycles. The Morgan fingerprint density at radius 1 is 0.846 bits per heavy atom. The van der Waals surface area contributed by atoms with Gasteiger partial charge in [-0.25, -0.2) is 0 Å². The molecule has 1 nitrogen and oxygen atoms in total. The van der Waals surface area contributed by atoms with Gasteiger partial charge in [-0.1, -0.05) is 72.4 Å². The summed E-state index contributed by atoms with van der Waals surface area (Å²) in [5.74, 6) is 0. The molecule has 3 aliphatic rings. The highest BCUT2D eigenvalue weighted by atomic mass is 16.5. The van der Waals surface area contributed by atoms with E-state index in [0.29, 0.717) is 0 Å². The van der Waals surface area contributed by atoms with Gasteiger partial charge in [0.2, 0.25) is 0 Å². The van der Waals surface area contributed by atoms with Gasteiger partial charge in [0.25, 0.3) is 0 Å². The van der Waals surface area contributed by atoms with E-state index in [9.17, 15) is 0 Å². The van der Waals surface area contributed by atoms with Crippen LogP contribution in [-0.2, 0) is 11.2 Å². The first kappa shape index (κ1) is 15.6.